The average Bonchev–Trinajstić information content (AvgIpc) is 2.47. The molecule has 0 fully saturated rings. The molecule has 3 heteroatoms. The number of fused-ring (bicyclic) bond motifs is 1. The van der Waals surface area contributed by atoms with Crippen LogP contribution < -0.4 is 4.74 Å². The van der Waals surface area contributed by atoms with Gasteiger partial charge in [0.15, 0.2) is 0 Å². The summed E-state index contributed by atoms with van der Waals surface area (Å²) in [5.74, 6) is 0.842. The number of hydrogen-bond acceptors (Lipinski definition) is 3. The van der Waals surface area contributed by atoms with Crippen molar-refractivity contribution in [2.75, 3.05) is 7.11 Å². The van der Waals surface area contributed by atoms with E-state index in [-0.39, 0.29) is 0 Å². The normalized spacial score (nSPS) is 10.5. The van der Waals surface area contributed by atoms with Crippen molar-refractivity contribution in [2.45, 2.75) is 0 Å². The minimum Gasteiger partial charge on any atom is -0.497 e. The number of hydrogen-bond donors (Lipinski definition) is 0. The van der Waals surface area contributed by atoms with E-state index in [2.05, 4.69) is 9.97 Å². The SMILES string of the molecule is COc1ccc2nc(-c3ccccn3)ccc2c1. The number of pyridine rings is 2. The van der Waals surface area contributed by atoms with Gasteiger partial charge in [-0.05, 0) is 36.4 Å². The monoisotopic (exact) mass is 236 g/mol. The van der Waals surface area contributed by atoms with Gasteiger partial charge in [0.1, 0.15) is 5.75 Å². The summed E-state index contributed by atoms with van der Waals surface area (Å²) in [6.07, 6.45) is 1.77. The molecule has 2 heterocycles. The minimum absolute atomic E-state index is 0.842. The highest BCUT2D eigenvalue weighted by Gasteiger charge is 2.02. The van der Waals surface area contributed by atoms with Crippen molar-refractivity contribution < 1.29 is 4.74 Å². The summed E-state index contributed by atoms with van der Waals surface area (Å²) >= 11 is 0. The maximum absolute atomic E-state index is 5.20. The van der Waals surface area contributed by atoms with Crippen LogP contribution in [0, 0.1) is 0 Å². The Morgan fingerprint density at radius 3 is 2.67 bits per heavy atom. The van der Waals surface area contributed by atoms with Gasteiger partial charge in [0.2, 0.25) is 0 Å². The van der Waals surface area contributed by atoms with E-state index in [9.17, 15) is 0 Å². The van der Waals surface area contributed by atoms with Gasteiger partial charge in [-0.2, -0.15) is 0 Å². The molecule has 0 amide bonds. The molecule has 18 heavy (non-hydrogen) atoms. The van der Waals surface area contributed by atoms with Crippen LogP contribution in [0.1, 0.15) is 0 Å². The zero-order valence-electron chi connectivity index (χ0n) is 10.00. The topological polar surface area (TPSA) is 35.0 Å². The van der Waals surface area contributed by atoms with Crippen LogP contribution in [0.3, 0.4) is 0 Å². The number of benzene rings is 1. The molecule has 0 saturated heterocycles. The Bertz CT molecular complexity index is 680. The van der Waals surface area contributed by atoms with Crippen molar-refractivity contribution in [1.82, 2.24) is 9.97 Å². The fourth-order valence-corrected chi connectivity index (χ4v) is 1.89. The van der Waals surface area contributed by atoms with E-state index in [0.29, 0.717) is 0 Å². The number of aromatic nitrogens is 2. The quantitative estimate of drug-likeness (QED) is 0.684. The highest BCUT2D eigenvalue weighted by molar-refractivity contribution is 5.82. The second kappa shape index (κ2) is 4.45. The van der Waals surface area contributed by atoms with Crippen LogP contribution in [0.15, 0.2) is 54.7 Å². The van der Waals surface area contributed by atoms with Crippen LogP contribution in [0.2, 0.25) is 0 Å². The van der Waals surface area contributed by atoms with Gasteiger partial charge in [-0.1, -0.05) is 12.1 Å². The molecule has 0 bridgehead atoms. The molecule has 0 aliphatic heterocycles. The summed E-state index contributed by atoms with van der Waals surface area (Å²) in [4.78, 5) is 8.91. The predicted molar refractivity (Wildman–Crippen MR) is 71.5 cm³/mol. The van der Waals surface area contributed by atoms with Gasteiger partial charge in [-0.25, -0.2) is 4.98 Å². The van der Waals surface area contributed by atoms with E-state index >= 15 is 0 Å². The second-order valence-corrected chi connectivity index (χ2v) is 3.97. The molecule has 1 aromatic carbocycles. The van der Waals surface area contributed by atoms with Gasteiger partial charge in [-0.15, -0.1) is 0 Å². The van der Waals surface area contributed by atoms with Crippen LogP contribution in [0.5, 0.6) is 5.75 Å². The Balaban J connectivity index is 2.12. The lowest BCUT2D eigenvalue weighted by molar-refractivity contribution is 0.415. The molecule has 0 N–H and O–H groups in total. The van der Waals surface area contributed by atoms with Crippen LogP contribution in [0.25, 0.3) is 22.3 Å². The third kappa shape index (κ3) is 1.91. The van der Waals surface area contributed by atoms with Crippen LogP contribution in [-0.4, -0.2) is 17.1 Å². The molecule has 3 nitrogen and oxygen atoms in total. The van der Waals surface area contributed by atoms with Crippen molar-refractivity contribution in [3.63, 3.8) is 0 Å². The number of rotatable bonds is 2. The Hall–Kier alpha value is -2.42. The Morgan fingerprint density at radius 2 is 1.89 bits per heavy atom. The molecule has 3 rings (SSSR count). The molecule has 2 aromatic heterocycles. The predicted octanol–water partition coefficient (Wildman–Crippen LogP) is 3.31. The molecule has 88 valence electrons. The fourth-order valence-electron chi connectivity index (χ4n) is 1.89. The Morgan fingerprint density at radius 1 is 0.944 bits per heavy atom. The maximum Gasteiger partial charge on any atom is 0.119 e. The summed E-state index contributed by atoms with van der Waals surface area (Å²) < 4.78 is 5.20. The largest absolute Gasteiger partial charge is 0.497 e. The van der Waals surface area contributed by atoms with Gasteiger partial charge in [0, 0.05) is 11.6 Å². The molecule has 0 spiro atoms. The summed E-state index contributed by atoms with van der Waals surface area (Å²) in [5.41, 5.74) is 2.71. The van der Waals surface area contributed by atoms with E-state index in [1.165, 1.54) is 0 Å². The van der Waals surface area contributed by atoms with Gasteiger partial charge in [0.25, 0.3) is 0 Å². The van der Waals surface area contributed by atoms with Crippen LogP contribution in [-0.2, 0) is 0 Å². The molecule has 0 saturated carbocycles. The van der Waals surface area contributed by atoms with E-state index in [4.69, 9.17) is 4.74 Å². The molecule has 0 aliphatic rings. The van der Waals surface area contributed by atoms with Crippen molar-refractivity contribution in [3.8, 4) is 17.1 Å². The summed E-state index contributed by atoms with van der Waals surface area (Å²) in [5, 5.41) is 1.06. The standard InChI is InChI=1S/C15H12N2O/c1-18-12-6-8-13-11(10-12)5-7-15(17-13)14-4-2-3-9-16-14/h2-10H,1H3. The zero-order chi connectivity index (χ0) is 12.4. The minimum atomic E-state index is 0.842. The highest BCUT2D eigenvalue weighted by atomic mass is 16.5. The van der Waals surface area contributed by atoms with Gasteiger partial charge >= 0.3 is 0 Å². The lowest BCUT2D eigenvalue weighted by Crippen LogP contribution is -1.88. The first kappa shape index (κ1) is 10.7. The Labute approximate surface area is 105 Å². The molecular formula is C15H12N2O. The zero-order valence-corrected chi connectivity index (χ0v) is 10.00. The molecule has 3 aromatic rings. The highest BCUT2D eigenvalue weighted by Crippen LogP contribution is 2.22. The first-order valence-electron chi connectivity index (χ1n) is 5.73. The van der Waals surface area contributed by atoms with Gasteiger partial charge in [0.05, 0.1) is 24.0 Å². The maximum atomic E-state index is 5.20. The number of nitrogens with zero attached hydrogens (tertiary/aromatic N) is 2. The summed E-state index contributed by atoms with van der Waals surface area (Å²) in [7, 11) is 1.66. The van der Waals surface area contributed by atoms with Crippen molar-refractivity contribution >= 4 is 10.9 Å². The van der Waals surface area contributed by atoms with Crippen molar-refractivity contribution in [2.24, 2.45) is 0 Å². The van der Waals surface area contributed by atoms with E-state index in [1.54, 1.807) is 13.3 Å². The van der Waals surface area contributed by atoms with Crippen LogP contribution in [0.4, 0.5) is 0 Å². The fraction of sp³-hybridized carbons (Fsp3) is 0.0667. The number of ether oxygens (including phenoxy) is 1. The van der Waals surface area contributed by atoms with Gasteiger partial charge in [-0.3, -0.25) is 4.98 Å². The van der Waals surface area contributed by atoms with Crippen molar-refractivity contribution in [3.05, 3.63) is 54.7 Å². The van der Waals surface area contributed by atoms with E-state index in [0.717, 1.165) is 28.0 Å². The molecular weight excluding hydrogens is 224 g/mol. The molecule has 0 unspecified atom stereocenters. The third-order valence-corrected chi connectivity index (χ3v) is 2.82. The lowest BCUT2D eigenvalue weighted by atomic mass is 10.1. The van der Waals surface area contributed by atoms with Crippen molar-refractivity contribution in [1.29, 1.82) is 0 Å². The lowest BCUT2D eigenvalue weighted by Gasteiger charge is -2.04. The van der Waals surface area contributed by atoms with E-state index < -0.39 is 0 Å². The average molecular weight is 236 g/mol. The van der Waals surface area contributed by atoms with E-state index in [1.807, 2.05) is 48.5 Å². The third-order valence-electron chi connectivity index (χ3n) is 2.82. The Kier molecular flexibility index (Phi) is 2.65. The molecule has 0 aliphatic carbocycles. The molecule has 0 radical (unpaired) electrons. The van der Waals surface area contributed by atoms with Crippen LogP contribution >= 0.6 is 0 Å². The summed E-state index contributed by atoms with van der Waals surface area (Å²) in [6, 6.07) is 15.7. The smallest absolute Gasteiger partial charge is 0.119 e. The molecule has 0 atom stereocenters. The summed E-state index contributed by atoms with van der Waals surface area (Å²) in [6.45, 7) is 0. The number of methoxy groups -OCH3 is 1. The van der Waals surface area contributed by atoms with Gasteiger partial charge < -0.3 is 4.74 Å². The first-order chi connectivity index (χ1) is 8.86. The second-order valence-electron chi connectivity index (χ2n) is 3.97. The first-order valence-corrected chi connectivity index (χ1v) is 5.73.